The van der Waals surface area contributed by atoms with Crippen LogP contribution in [0.2, 0.25) is 0 Å². The van der Waals surface area contributed by atoms with E-state index in [1.165, 1.54) is 38.9 Å². The lowest BCUT2D eigenvalue weighted by molar-refractivity contribution is -0.191. The fraction of sp³-hybridized carbons (Fsp3) is 0.241. The molecule has 8 rings (SSSR count). The minimum absolute atomic E-state index is 0.0995. The molecule has 1 aliphatic heterocycles. The standard InChI is InChI=1S/C28H29NO.C18H19BrO2.C11H9NO.CO2/c1-19-17-29(27-15-14-23(20(2)30)16-25(19)27)18-21-10-12-22(13-11-21)24-8-6-7-9-26(24)28(3,4)5;1-18(2,3)21-17(20)16-7-5-4-6-15(16)14-10-8-13(12-19)9-11-14;1-7-6-12-11-4-3-9(8(2)13)5-10(7)11;2-1-3/h6-17H,18H2,1-5H3;4-11H,12H2,1-3H3;3-5H,1-2H3;/p+1. The van der Waals surface area contributed by atoms with Crippen LogP contribution in [-0.4, -0.2) is 33.9 Å². The van der Waals surface area contributed by atoms with Gasteiger partial charge in [0.15, 0.2) is 28.4 Å². The number of carbonyl (C=O) groups is 3. The lowest BCUT2D eigenvalue weighted by Gasteiger charge is -2.23. The van der Waals surface area contributed by atoms with E-state index in [0.29, 0.717) is 5.56 Å². The molecule has 1 aliphatic rings. The predicted molar refractivity (Wildman–Crippen MR) is 273 cm³/mol. The van der Waals surface area contributed by atoms with E-state index in [-0.39, 0.29) is 29.1 Å². The maximum absolute atomic E-state index is 12.3. The number of Topliss-reactive ketones (excluding diaryl/α,β-unsaturated/α-hetero) is 2. The zero-order valence-corrected chi connectivity index (χ0v) is 41.6. The highest BCUT2D eigenvalue weighted by molar-refractivity contribution is 9.08. The number of halogens is 1. The molecule has 1 aromatic heterocycles. The van der Waals surface area contributed by atoms with Gasteiger partial charge in [0.1, 0.15) is 11.8 Å². The van der Waals surface area contributed by atoms with Crippen LogP contribution in [0.5, 0.6) is 0 Å². The van der Waals surface area contributed by atoms with Gasteiger partial charge < -0.3 is 9.30 Å². The molecule has 0 bridgehead atoms. The van der Waals surface area contributed by atoms with Crippen molar-refractivity contribution >= 4 is 61.8 Å². The van der Waals surface area contributed by atoms with E-state index in [1.54, 1.807) is 13.8 Å². The Kier molecular flexibility index (Phi) is 17.1. The number of ether oxygens (including phenoxy) is 1. The molecule has 0 radical (unpaired) electrons. The number of anilines is 1. The number of nitrogens with zero attached hydrogens (tertiary/aromatic N) is 1. The van der Waals surface area contributed by atoms with Crippen LogP contribution in [0.3, 0.4) is 0 Å². The summed E-state index contributed by atoms with van der Waals surface area (Å²) in [6.07, 6.45) is 5.43. The Bertz CT molecular complexity index is 2940. The van der Waals surface area contributed by atoms with Crippen molar-refractivity contribution in [1.29, 1.82) is 0 Å². The maximum atomic E-state index is 12.3. The van der Waals surface area contributed by atoms with Crippen LogP contribution < -0.4 is 5.32 Å². The highest BCUT2D eigenvalue weighted by atomic mass is 79.9. The maximum Gasteiger partial charge on any atom is 0.373 e. The Morgan fingerprint density at radius 2 is 1.21 bits per heavy atom. The van der Waals surface area contributed by atoms with Crippen LogP contribution >= 0.6 is 15.9 Å². The molecule has 0 aliphatic carbocycles. The molecule has 67 heavy (non-hydrogen) atoms. The largest absolute Gasteiger partial charge is 0.456 e. The first-order valence-electron chi connectivity index (χ1n) is 22.0. The minimum Gasteiger partial charge on any atom is -0.456 e. The number of allylic oxidation sites excluding steroid dienone is 1. The molecule has 8 nitrogen and oxygen atoms in total. The van der Waals surface area contributed by atoms with Crippen LogP contribution in [0.4, 0.5) is 5.69 Å². The van der Waals surface area contributed by atoms with Crippen LogP contribution in [0.1, 0.15) is 121 Å². The van der Waals surface area contributed by atoms with Crippen molar-refractivity contribution in [1.82, 2.24) is 4.57 Å². The van der Waals surface area contributed by atoms with E-state index in [9.17, 15) is 14.4 Å². The van der Waals surface area contributed by atoms with Gasteiger partial charge in [-0.3, -0.25) is 9.59 Å². The fourth-order valence-electron chi connectivity index (χ4n) is 7.63. The van der Waals surface area contributed by atoms with E-state index < -0.39 is 5.60 Å². The van der Waals surface area contributed by atoms with Crippen molar-refractivity contribution in [3.63, 3.8) is 0 Å². The van der Waals surface area contributed by atoms with Gasteiger partial charge in [0.2, 0.25) is 0 Å². The van der Waals surface area contributed by atoms with Crippen molar-refractivity contribution in [3.05, 3.63) is 190 Å². The van der Waals surface area contributed by atoms with Gasteiger partial charge in [0.05, 0.1) is 5.56 Å². The molecular weight excluding hydrogens is 901 g/mol. The number of benzene rings is 6. The van der Waals surface area contributed by atoms with Gasteiger partial charge in [-0.15, -0.1) is 0 Å². The zero-order chi connectivity index (χ0) is 49.1. The summed E-state index contributed by atoms with van der Waals surface area (Å²) >= 11 is 3.43. The van der Waals surface area contributed by atoms with Crippen LogP contribution in [0.15, 0.2) is 140 Å². The lowest BCUT2D eigenvalue weighted by Crippen LogP contribution is -2.24. The number of nitrogens with one attached hydrogen (secondary N) is 1. The van der Waals surface area contributed by atoms with Crippen molar-refractivity contribution in [2.45, 2.75) is 92.1 Å². The Labute approximate surface area is 403 Å². The lowest BCUT2D eigenvalue weighted by atomic mass is 9.82. The number of fused-ring (bicyclic) bond motifs is 2. The number of hydrogen-bond donors (Lipinski definition) is 1. The topological polar surface area (TPSA) is 112 Å². The van der Waals surface area contributed by atoms with Crippen LogP contribution in [0.25, 0.3) is 38.7 Å². The smallest absolute Gasteiger partial charge is 0.373 e. The Morgan fingerprint density at radius 3 is 1.79 bits per heavy atom. The number of carbonyl (C=O) groups excluding carboxylic acids is 5. The van der Waals surface area contributed by atoms with Crippen molar-refractivity contribution < 1.29 is 28.7 Å². The van der Waals surface area contributed by atoms with Gasteiger partial charge in [0, 0.05) is 52.2 Å². The van der Waals surface area contributed by atoms with E-state index in [0.717, 1.165) is 56.3 Å². The van der Waals surface area contributed by atoms with Gasteiger partial charge in [0.25, 0.3) is 0 Å². The summed E-state index contributed by atoms with van der Waals surface area (Å²) < 4.78 is 7.75. The summed E-state index contributed by atoms with van der Waals surface area (Å²) in [6.45, 7) is 20.5. The summed E-state index contributed by atoms with van der Waals surface area (Å²) in [5.74, 6) is -0.0830. The Morgan fingerprint density at radius 1 is 0.672 bits per heavy atom. The van der Waals surface area contributed by atoms with Crippen molar-refractivity contribution in [2.24, 2.45) is 0 Å². The molecule has 0 amide bonds. The molecule has 0 atom stereocenters. The number of rotatable bonds is 8. The average Bonchev–Trinajstić information content (AvgIpc) is 3.83. The van der Waals surface area contributed by atoms with Gasteiger partial charge in [-0.1, -0.05) is 128 Å². The van der Waals surface area contributed by atoms with E-state index in [1.807, 2.05) is 94.4 Å². The highest BCUT2D eigenvalue weighted by Crippen LogP contribution is 2.34. The summed E-state index contributed by atoms with van der Waals surface area (Å²) in [5, 5.41) is 4.99. The normalized spacial score (nSPS) is 11.4. The van der Waals surface area contributed by atoms with Gasteiger partial charge in [-0.05, 0) is 129 Å². The molecule has 6 aromatic carbocycles. The molecular formula is C58H58BrN2O6+. The molecule has 1 N–H and O–H groups in total. The second-order valence-electron chi connectivity index (χ2n) is 18.4. The van der Waals surface area contributed by atoms with E-state index in [4.69, 9.17) is 14.3 Å². The number of alkyl halides is 1. The van der Waals surface area contributed by atoms with E-state index in [2.05, 4.69) is 133 Å². The third kappa shape index (κ3) is 13.5. The Balaban J connectivity index is 0.000000197. The first-order chi connectivity index (χ1) is 31.7. The fourth-order valence-corrected chi connectivity index (χ4v) is 8.00. The second-order valence-corrected chi connectivity index (χ2v) is 18.9. The minimum atomic E-state index is -0.496. The molecule has 7 aromatic rings. The molecule has 9 heteroatoms. The molecule has 2 heterocycles. The first-order valence-corrected chi connectivity index (χ1v) is 23.1. The van der Waals surface area contributed by atoms with Gasteiger partial charge in [-0.2, -0.15) is 14.9 Å². The quantitative estimate of drug-likeness (QED) is 0.0699. The number of aryl methyl sites for hydroxylation is 1. The number of ketones is 2. The number of aromatic nitrogens is 1. The van der Waals surface area contributed by atoms with Crippen LogP contribution in [-0.2, 0) is 31.6 Å². The molecule has 0 unspecified atom stereocenters. The summed E-state index contributed by atoms with van der Waals surface area (Å²) in [5.41, 5.74) is 15.6. The highest BCUT2D eigenvalue weighted by Gasteiger charge is 2.24. The molecule has 0 spiro atoms. The third-order valence-corrected chi connectivity index (χ3v) is 11.7. The average molecular weight is 959 g/mol. The molecule has 0 fully saturated rings. The number of esters is 1. The molecule has 0 saturated heterocycles. The second kappa shape index (κ2) is 22.4. The van der Waals surface area contributed by atoms with Gasteiger partial charge >= 0.3 is 12.1 Å². The molecule has 342 valence electrons. The number of hydrogen-bond acceptors (Lipinski definition) is 7. The third-order valence-electron chi connectivity index (χ3n) is 11.0. The predicted octanol–water partition coefficient (Wildman–Crippen LogP) is 14.3. The van der Waals surface area contributed by atoms with Crippen molar-refractivity contribution in [2.75, 3.05) is 5.32 Å². The van der Waals surface area contributed by atoms with Gasteiger partial charge in [-0.25, -0.2) is 4.79 Å². The van der Waals surface area contributed by atoms with Crippen LogP contribution in [0, 0.1) is 13.1 Å². The Hall–Kier alpha value is -7.02. The van der Waals surface area contributed by atoms with E-state index >= 15 is 0 Å². The monoisotopic (exact) mass is 957 g/mol. The SMILES string of the molecule is CC(=O)c1ccc2c(c1)C(C)=[C+]N2.CC(=O)c1ccc2c(c1)c(C)cn2Cc1ccc(-c2ccccc2C(C)(C)C)cc1.CC(C)(C)OC(=O)c1ccccc1-c1ccc(CBr)cc1.O=C=O. The first kappa shape index (κ1) is 51.0. The summed E-state index contributed by atoms with van der Waals surface area (Å²) in [7, 11) is 0. The zero-order valence-electron chi connectivity index (χ0n) is 40.0. The molecule has 0 saturated carbocycles. The summed E-state index contributed by atoms with van der Waals surface area (Å²) in [6, 6.07) is 44.9. The van der Waals surface area contributed by atoms with Crippen molar-refractivity contribution in [3.8, 4) is 22.3 Å². The summed E-state index contributed by atoms with van der Waals surface area (Å²) in [4.78, 5) is 51.4.